The molecule has 8 nitrogen and oxygen atoms in total. The third-order valence-electron chi connectivity index (χ3n) is 7.94. The van der Waals surface area contributed by atoms with Crippen molar-refractivity contribution in [3.8, 4) is 11.3 Å². The molecular formula is C32H35ClN4O4S2. The largest absolute Gasteiger partial charge is 0.393 e. The summed E-state index contributed by atoms with van der Waals surface area (Å²) in [6.07, 6.45) is 3.15. The number of urea groups is 1. The van der Waals surface area contributed by atoms with E-state index in [-0.39, 0.29) is 29.0 Å². The number of hydrogen-bond acceptors (Lipinski definition) is 6. The van der Waals surface area contributed by atoms with E-state index in [9.17, 15) is 18.3 Å². The number of carbonyl (C=O) groups excluding carboxylic acids is 1. The third kappa shape index (κ3) is 7.63. The molecule has 1 fully saturated rings. The highest BCUT2D eigenvalue weighted by Crippen LogP contribution is 2.36. The number of hydrogen-bond donors (Lipinski definition) is 3. The van der Waals surface area contributed by atoms with Crippen molar-refractivity contribution in [1.82, 2.24) is 14.6 Å². The van der Waals surface area contributed by atoms with Gasteiger partial charge in [0.2, 0.25) is 10.0 Å². The maximum atomic E-state index is 13.8. The summed E-state index contributed by atoms with van der Waals surface area (Å²) in [7, 11) is -2.21. The van der Waals surface area contributed by atoms with E-state index in [1.165, 1.54) is 30.3 Å². The molecule has 4 aromatic rings. The summed E-state index contributed by atoms with van der Waals surface area (Å²) in [5, 5.41) is 13.5. The summed E-state index contributed by atoms with van der Waals surface area (Å²) < 4.78 is 26.9. The molecule has 0 atom stereocenters. The number of thiazole rings is 1. The van der Waals surface area contributed by atoms with E-state index in [0.29, 0.717) is 40.1 Å². The minimum atomic E-state index is -3.57. The van der Waals surface area contributed by atoms with Crippen molar-refractivity contribution in [2.24, 2.45) is 0 Å². The van der Waals surface area contributed by atoms with Gasteiger partial charge in [-0.05, 0) is 62.4 Å². The van der Waals surface area contributed by atoms with Crippen LogP contribution in [0.3, 0.4) is 0 Å². The fourth-order valence-electron chi connectivity index (χ4n) is 5.59. The highest BCUT2D eigenvalue weighted by Gasteiger charge is 2.30. The molecule has 5 rings (SSSR count). The second kappa shape index (κ2) is 14.0. The average molecular weight is 639 g/mol. The average Bonchev–Trinajstić information content (AvgIpc) is 3.40. The van der Waals surface area contributed by atoms with Crippen molar-refractivity contribution in [1.29, 1.82) is 0 Å². The zero-order valence-electron chi connectivity index (χ0n) is 23.8. The first-order chi connectivity index (χ1) is 20.7. The first-order valence-corrected chi connectivity index (χ1v) is 17.0. The lowest BCUT2D eigenvalue weighted by Gasteiger charge is -2.36. The monoisotopic (exact) mass is 638 g/mol. The van der Waals surface area contributed by atoms with Crippen LogP contribution in [-0.4, -0.2) is 55.2 Å². The molecule has 0 aliphatic heterocycles. The van der Waals surface area contributed by atoms with Crippen LogP contribution in [0.15, 0.2) is 89.8 Å². The Morgan fingerprint density at radius 3 is 2.12 bits per heavy atom. The Balaban J connectivity index is 1.36. The van der Waals surface area contributed by atoms with Crippen LogP contribution in [-0.2, 0) is 10.0 Å². The molecule has 0 saturated heterocycles. The predicted octanol–water partition coefficient (Wildman–Crippen LogP) is 6.73. The van der Waals surface area contributed by atoms with Gasteiger partial charge in [0.25, 0.3) is 0 Å². The second-order valence-corrected chi connectivity index (χ2v) is 14.1. The number of rotatable bonds is 10. The number of nitrogens with one attached hydrogen (secondary N) is 2. The lowest BCUT2D eigenvalue weighted by Crippen LogP contribution is -2.46. The highest BCUT2D eigenvalue weighted by molar-refractivity contribution is 7.89. The van der Waals surface area contributed by atoms with E-state index in [4.69, 9.17) is 11.6 Å². The van der Waals surface area contributed by atoms with Gasteiger partial charge in [0.05, 0.1) is 11.0 Å². The van der Waals surface area contributed by atoms with E-state index in [1.54, 1.807) is 12.1 Å². The van der Waals surface area contributed by atoms with Gasteiger partial charge in [-0.1, -0.05) is 95.7 Å². The minimum absolute atomic E-state index is 0.00725. The van der Waals surface area contributed by atoms with E-state index < -0.39 is 10.0 Å². The van der Waals surface area contributed by atoms with E-state index >= 15 is 0 Å². The summed E-state index contributed by atoms with van der Waals surface area (Å²) in [5.41, 5.74) is 3.50. The number of carbonyl (C=O) groups is 1. The molecule has 1 aromatic heterocycles. The van der Waals surface area contributed by atoms with Gasteiger partial charge >= 0.3 is 6.03 Å². The molecule has 0 radical (unpaired) electrons. The van der Waals surface area contributed by atoms with E-state index in [1.807, 2.05) is 41.3 Å². The molecule has 1 heterocycles. The van der Waals surface area contributed by atoms with Gasteiger partial charge < -0.3 is 10.0 Å². The first kappa shape index (κ1) is 31.2. The van der Waals surface area contributed by atoms with Crippen LogP contribution in [0.1, 0.15) is 49.1 Å². The molecule has 1 aliphatic carbocycles. The Morgan fingerprint density at radius 2 is 1.56 bits per heavy atom. The van der Waals surface area contributed by atoms with Crippen LogP contribution < -0.4 is 10.0 Å². The van der Waals surface area contributed by atoms with Crippen LogP contribution in [0.2, 0.25) is 4.34 Å². The number of anilines is 1. The van der Waals surface area contributed by atoms with Crippen LogP contribution in [0.25, 0.3) is 11.3 Å². The van der Waals surface area contributed by atoms with Gasteiger partial charge in [-0.15, -0.1) is 0 Å². The fraction of sp³-hybridized carbons (Fsp3) is 0.312. The molecule has 0 unspecified atom stereocenters. The Bertz CT molecular complexity index is 1570. The molecule has 3 N–H and O–H groups in total. The van der Waals surface area contributed by atoms with Gasteiger partial charge in [-0.2, -0.15) is 0 Å². The second-order valence-electron chi connectivity index (χ2n) is 10.6. The highest BCUT2D eigenvalue weighted by atomic mass is 35.5. The summed E-state index contributed by atoms with van der Waals surface area (Å²) in [5.74, 6) is 0.113. The number of benzene rings is 3. The number of halogens is 1. The first-order valence-electron chi connectivity index (χ1n) is 14.3. The molecule has 3 aromatic carbocycles. The number of aromatic nitrogens is 1. The molecule has 43 heavy (non-hydrogen) atoms. The van der Waals surface area contributed by atoms with Crippen LogP contribution in [0.4, 0.5) is 9.93 Å². The Labute approximate surface area is 261 Å². The van der Waals surface area contributed by atoms with Crippen LogP contribution >= 0.6 is 22.9 Å². The zero-order chi connectivity index (χ0) is 30.4. The number of amides is 2. The lowest BCUT2D eigenvalue weighted by molar-refractivity contribution is 0.0864. The fourth-order valence-corrected chi connectivity index (χ4v) is 7.40. The molecular weight excluding hydrogens is 604 g/mol. The van der Waals surface area contributed by atoms with Gasteiger partial charge in [0.15, 0.2) is 5.13 Å². The molecule has 0 spiro atoms. The standard InChI is InChI=1S/C32H35ClN4O4S2/c1-34-43(40,41)27-18-12-24(13-19-27)29-30(33)42-31(35-29)36-32(39)37(25-14-16-26(38)17-15-25)21-20-28(22-8-4-2-5-9-22)23-10-6-3-7-11-23/h2-13,18-19,25-26,28,34,38H,14-17,20-21H2,1H3,(H,35,36,39). The number of nitrogens with zero attached hydrogens (tertiary/aromatic N) is 2. The van der Waals surface area contributed by atoms with Crippen molar-refractivity contribution in [2.45, 2.75) is 55.1 Å². The normalized spacial score (nSPS) is 17.1. The smallest absolute Gasteiger partial charge is 0.323 e. The van der Waals surface area contributed by atoms with Crippen molar-refractivity contribution in [3.05, 3.63) is 100 Å². The van der Waals surface area contributed by atoms with Crippen LogP contribution in [0, 0.1) is 0 Å². The summed E-state index contributed by atoms with van der Waals surface area (Å²) in [6, 6.07) is 26.7. The van der Waals surface area contributed by atoms with Gasteiger partial charge in [0, 0.05) is 24.1 Å². The summed E-state index contributed by atoms with van der Waals surface area (Å²) >= 11 is 7.69. The summed E-state index contributed by atoms with van der Waals surface area (Å²) in [6.45, 7) is 0.522. The lowest BCUT2D eigenvalue weighted by atomic mass is 9.87. The number of aliphatic hydroxyl groups excluding tert-OH is 1. The molecule has 1 saturated carbocycles. The topological polar surface area (TPSA) is 112 Å². The van der Waals surface area contributed by atoms with Gasteiger partial charge in [-0.3, -0.25) is 5.32 Å². The van der Waals surface area contributed by atoms with Gasteiger partial charge in [0.1, 0.15) is 10.0 Å². The number of sulfonamides is 1. The zero-order valence-corrected chi connectivity index (χ0v) is 26.2. The molecule has 0 bridgehead atoms. The molecule has 226 valence electrons. The SMILES string of the molecule is CNS(=O)(=O)c1ccc(-c2nc(NC(=O)N(CCC(c3ccccc3)c3ccccc3)C3CCC(O)CC3)sc2Cl)cc1. The maximum Gasteiger partial charge on any atom is 0.323 e. The Kier molecular flexibility index (Phi) is 10.1. The quantitative estimate of drug-likeness (QED) is 0.178. The third-order valence-corrected chi connectivity index (χ3v) is 10.5. The Hall–Kier alpha value is -3.28. The minimum Gasteiger partial charge on any atom is -0.393 e. The molecule has 1 aliphatic rings. The molecule has 2 amide bonds. The van der Waals surface area contributed by atoms with E-state index in [0.717, 1.165) is 30.6 Å². The van der Waals surface area contributed by atoms with Gasteiger partial charge in [-0.25, -0.2) is 22.9 Å². The predicted molar refractivity (Wildman–Crippen MR) is 172 cm³/mol. The summed E-state index contributed by atoms with van der Waals surface area (Å²) in [4.78, 5) is 20.4. The number of aliphatic hydroxyl groups is 1. The van der Waals surface area contributed by atoms with Crippen molar-refractivity contribution < 1.29 is 18.3 Å². The van der Waals surface area contributed by atoms with E-state index in [2.05, 4.69) is 39.3 Å². The Morgan fingerprint density at radius 1 is 0.977 bits per heavy atom. The molecule has 11 heteroatoms. The van der Waals surface area contributed by atoms with Crippen molar-refractivity contribution in [3.63, 3.8) is 0 Å². The maximum absolute atomic E-state index is 13.8. The van der Waals surface area contributed by atoms with Crippen molar-refractivity contribution in [2.75, 3.05) is 18.9 Å². The van der Waals surface area contributed by atoms with Crippen molar-refractivity contribution >= 4 is 44.1 Å². The van der Waals surface area contributed by atoms with Crippen LogP contribution in [0.5, 0.6) is 0 Å².